The highest BCUT2D eigenvalue weighted by Crippen LogP contribution is 2.24. The van der Waals surface area contributed by atoms with Crippen molar-refractivity contribution in [2.75, 3.05) is 7.05 Å². The third-order valence-electron chi connectivity index (χ3n) is 3.69. The lowest BCUT2D eigenvalue weighted by Gasteiger charge is -2.24. The molecule has 108 valence electrons. The molecule has 1 heterocycles. The second-order valence-corrected chi connectivity index (χ2v) is 5.58. The molecule has 0 aliphatic carbocycles. The first-order valence-corrected chi connectivity index (χ1v) is 7.13. The number of nitrogens with two attached hydrogens (primary N) is 1. The van der Waals surface area contributed by atoms with Crippen molar-refractivity contribution in [3.05, 3.63) is 58.0 Å². The van der Waals surface area contributed by atoms with Gasteiger partial charge in [0, 0.05) is 23.2 Å². The zero-order valence-corrected chi connectivity index (χ0v) is 12.9. The van der Waals surface area contributed by atoms with Crippen molar-refractivity contribution >= 4 is 11.6 Å². The van der Waals surface area contributed by atoms with Crippen molar-refractivity contribution in [3.63, 3.8) is 0 Å². The van der Waals surface area contributed by atoms with Gasteiger partial charge < -0.3 is 10.2 Å². The summed E-state index contributed by atoms with van der Waals surface area (Å²) in [6, 6.07) is 10.3. The number of furan rings is 1. The summed E-state index contributed by atoms with van der Waals surface area (Å²) in [6.07, 6.45) is 0. The Balaban J connectivity index is 2.08. The van der Waals surface area contributed by atoms with Crippen LogP contribution in [0.25, 0.3) is 0 Å². The van der Waals surface area contributed by atoms with Crippen molar-refractivity contribution in [3.8, 4) is 0 Å². The highest BCUT2D eigenvalue weighted by molar-refractivity contribution is 6.30. The van der Waals surface area contributed by atoms with Crippen molar-refractivity contribution in [2.24, 2.45) is 5.73 Å². The summed E-state index contributed by atoms with van der Waals surface area (Å²) in [6.45, 7) is 5.37. The van der Waals surface area contributed by atoms with Crippen LogP contribution in [-0.4, -0.2) is 11.9 Å². The Morgan fingerprint density at radius 1 is 1.35 bits per heavy atom. The van der Waals surface area contributed by atoms with Crippen LogP contribution in [0.3, 0.4) is 0 Å². The summed E-state index contributed by atoms with van der Waals surface area (Å²) < 4.78 is 5.74. The van der Waals surface area contributed by atoms with Gasteiger partial charge in [-0.05, 0) is 44.7 Å². The molecule has 0 amide bonds. The maximum Gasteiger partial charge on any atom is 0.118 e. The monoisotopic (exact) mass is 292 g/mol. The van der Waals surface area contributed by atoms with Crippen molar-refractivity contribution in [1.29, 1.82) is 0 Å². The fraction of sp³-hybridized carbons (Fsp3) is 0.375. The van der Waals surface area contributed by atoms with E-state index in [9.17, 15) is 0 Å². The molecule has 0 bridgehead atoms. The van der Waals surface area contributed by atoms with Gasteiger partial charge in [-0.25, -0.2) is 0 Å². The molecule has 4 heteroatoms. The van der Waals surface area contributed by atoms with E-state index in [1.165, 1.54) is 5.56 Å². The smallest absolute Gasteiger partial charge is 0.118 e. The zero-order valence-electron chi connectivity index (χ0n) is 12.2. The molecule has 0 aliphatic rings. The summed E-state index contributed by atoms with van der Waals surface area (Å²) in [4.78, 5) is 2.23. The van der Waals surface area contributed by atoms with Gasteiger partial charge in [-0.1, -0.05) is 23.7 Å². The number of benzene rings is 1. The van der Waals surface area contributed by atoms with Gasteiger partial charge in [0.2, 0.25) is 0 Å². The lowest BCUT2D eigenvalue weighted by atomic mass is 10.1. The maximum absolute atomic E-state index is 6.05. The summed E-state index contributed by atoms with van der Waals surface area (Å²) in [5.74, 6) is 1.85. The Labute approximate surface area is 125 Å². The molecule has 2 N–H and O–H groups in total. The topological polar surface area (TPSA) is 42.4 Å². The van der Waals surface area contributed by atoms with Crippen LogP contribution in [-0.2, 0) is 13.1 Å². The molecule has 2 rings (SSSR count). The van der Waals surface area contributed by atoms with Crippen molar-refractivity contribution in [2.45, 2.75) is 33.0 Å². The normalized spacial score (nSPS) is 12.9. The van der Waals surface area contributed by atoms with E-state index in [0.717, 1.165) is 28.7 Å². The maximum atomic E-state index is 6.05. The third kappa shape index (κ3) is 3.42. The largest absolute Gasteiger partial charge is 0.465 e. The Kier molecular flexibility index (Phi) is 4.86. The molecule has 0 spiro atoms. The van der Waals surface area contributed by atoms with E-state index in [4.69, 9.17) is 21.8 Å². The van der Waals surface area contributed by atoms with E-state index >= 15 is 0 Å². The molecule has 3 nitrogen and oxygen atoms in total. The van der Waals surface area contributed by atoms with Crippen LogP contribution in [0.15, 0.2) is 34.7 Å². The Morgan fingerprint density at radius 2 is 2.10 bits per heavy atom. The second-order valence-electron chi connectivity index (χ2n) is 5.14. The van der Waals surface area contributed by atoms with Gasteiger partial charge in [0.25, 0.3) is 0 Å². The number of halogens is 1. The van der Waals surface area contributed by atoms with E-state index in [-0.39, 0.29) is 6.04 Å². The molecular weight excluding hydrogens is 272 g/mol. The SMILES string of the molecule is Cc1oc(CN(C)C(C)c2cccc(Cl)c2)cc1CN. The average Bonchev–Trinajstić information content (AvgIpc) is 2.77. The van der Waals surface area contributed by atoms with Gasteiger partial charge >= 0.3 is 0 Å². The van der Waals surface area contributed by atoms with Gasteiger partial charge in [0.1, 0.15) is 11.5 Å². The van der Waals surface area contributed by atoms with Crippen molar-refractivity contribution in [1.82, 2.24) is 4.90 Å². The minimum atomic E-state index is 0.264. The Hall–Kier alpha value is -1.29. The van der Waals surface area contributed by atoms with Crippen LogP contribution in [0.5, 0.6) is 0 Å². The van der Waals surface area contributed by atoms with E-state index in [1.807, 2.05) is 31.2 Å². The summed E-state index contributed by atoms with van der Waals surface area (Å²) in [5, 5.41) is 0.766. The molecule has 0 radical (unpaired) electrons. The van der Waals surface area contributed by atoms with Crippen LogP contribution in [0.1, 0.15) is 35.6 Å². The first-order chi connectivity index (χ1) is 9.51. The van der Waals surface area contributed by atoms with Crippen LogP contribution in [0, 0.1) is 6.92 Å². The van der Waals surface area contributed by atoms with Gasteiger partial charge in [-0.15, -0.1) is 0 Å². The Morgan fingerprint density at radius 3 is 2.70 bits per heavy atom. The van der Waals surface area contributed by atoms with Gasteiger partial charge in [0.15, 0.2) is 0 Å². The molecule has 1 unspecified atom stereocenters. The van der Waals surface area contributed by atoms with Crippen LogP contribution >= 0.6 is 11.6 Å². The zero-order chi connectivity index (χ0) is 14.7. The minimum Gasteiger partial charge on any atom is -0.465 e. The number of nitrogens with zero attached hydrogens (tertiary/aromatic N) is 1. The molecule has 2 aromatic rings. The highest BCUT2D eigenvalue weighted by Gasteiger charge is 2.15. The fourth-order valence-electron chi connectivity index (χ4n) is 2.27. The molecule has 1 aromatic carbocycles. The quantitative estimate of drug-likeness (QED) is 0.909. The average molecular weight is 293 g/mol. The van der Waals surface area contributed by atoms with Crippen LogP contribution in [0.2, 0.25) is 5.02 Å². The van der Waals surface area contributed by atoms with E-state index in [2.05, 4.69) is 24.9 Å². The molecule has 1 atom stereocenters. The van der Waals surface area contributed by atoms with Crippen molar-refractivity contribution < 1.29 is 4.42 Å². The van der Waals surface area contributed by atoms with Gasteiger partial charge in [0.05, 0.1) is 6.54 Å². The summed E-state index contributed by atoms with van der Waals surface area (Å²) in [7, 11) is 2.07. The highest BCUT2D eigenvalue weighted by atomic mass is 35.5. The molecule has 0 saturated carbocycles. The predicted octanol–water partition coefficient (Wildman–Crippen LogP) is 3.89. The van der Waals surface area contributed by atoms with Crippen LogP contribution in [0.4, 0.5) is 0 Å². The third-order valence-corrected chi connectivity index (χ3v) is 3.92. The van der Waals surface area contributed by atoms with Crippen LogP contribution < -0.4 is 5.73 Å². The number of hydrogen-bond donors (Lipinski definition) is 1. The fourth-order valence-corrected chi connectivity index (χ4v) is 2.47. The van der Waals surface area contributed by atoms with Gasteiger partial charge in [-0.3, -0.25) is 4.90 Å². The molecule has 1 aromatic heterocycles. The second kappa shape index (κ2) is 6.44. The number of rotatable bonds is 5. The minimum absolute atomic E-state index is 0.264. The first-order valence-electron chi connectivity index (χ1n) is 6.75. The van der Waals surface area contributed by atoms with Gasteiger partial charge in [-0.2, -0.15) is 0 Å². The van der Waals surface area contributed by atoms with E-state index < -0.39 is 0 Å². The standard InChI is InChI=1S/C16H21ClN2O/c1-11(13-5-4-6-15(17)7-13)19(3)10-16-8-14(9-18)12(2)20-16/h4-8,11H,9-10,18H2,1-3H3. The number of hydrogen-bond acceptors (Lipinski definition) is 3. The first kappa shape index (κ1) is 15.1. The molecular formula is C16H21ClN2O. The molecule has 0 saturated heterocycles. The molecule has 20 heavy (non-hydrogen) atoms. The number of aryl methyl sites for hydroxylation is 1. The summed E-state index contributed by atoms with van der Waals surface area (Å²) >= 11 is 6.05. The lowest BCUT2D eigenvalue weighted by Crippen LogP contribution is -2.21. The van der Waals surface area contributed by atoms with E-state index in [1.54, 1.807) is 0 Å². The molecule has 0 fully saturated rings. The predicted molar refractivity (Wildman–Crippen MR) is 82.7 cm³/mol. The Bertz CT molecular complexity index is 580. The summed E-state index contributed by atoms with van der Waals surface area (Å²) in [5.41, 5.74) is 7.94. The lowest BCUT2D eigenvalue weighted by molar-refractivity contribution is 0.231. The molecule has 0 aliphatic heterocycles. The van der Waals surface area contributed by atoms with E-state index in [0.29, 0.717) is 6.54 Å².